The van der Waals surface area contributed by atoms with Crippen LogP contribution in [0.1, 0.15) is 0 Å². The Morgan fingerprint density at radius 1 is 1.50 bits per heavy atom. The Labute approximate surface area is 68.7 Å². The summed E-state index contributed by atoms with van der Waals surface area (Å²) in [5.74, 6) is 0. The molecular weight excluding hydrogens is 187 g/mol. The Morgan fingerprint density at radius 3 is 2.92 bits per heavy atom. The first-order chi connectivity index (χ1) is 5.62. The molecule has 2 saturated heterocycles. The van der Waals surface area contributed by atoms with E-state index in [-0.39, 0.29) is 13.2 Å². The van der Waals surface area contributed by atoms with Gasteiger partial charge in [0.15, 0.2) is 0 Å². The first kappa shape index (κ1) is 8.62. The van der Waals surface area contributed by atoms with Gasteiger partial charge in [-0.2, -0.15) is 0 Å². The molecule has 0 aromatic heterocycles. The highest BCUT2D eigenvalue weighted by Crippen LogP contribution is 2.55. The lowest BCUT2D eigenvalue weighted by molar-refractivity contribution is 0.00882. The van der Waals surface area contributed by atoms with Crippen molar-refractivity contribution < 1.29 is 28.3 Å². The number of aliphatic hydroxyl groups excluding tert-OH is 1. The van der Waals surface area contributed by atoms with Gasteiger partial charge in [0.1, 0.15) is 18.3 Å². The lowest BCUT2D eigenvalue weighted by Gasteiger charge is -2.11. The second kappa shape index (κ2) is 2.77. The van der Waals surface area contributed by atoms with E-state index in [1.54, 1.807) is 0 Å². The maximum atomic E-state index is 10.9. The second-order valence-corrected chi connectivity index (χ2v) is 4.10. The van der Waals surface area contributed by atoms with Gasteiger partial charge in [-0.1, -0.05) is 0 Å². The van der Waals surface area contributed by atoms with Gasteiger partial charge in [-0.05, 0) is 0 Å². The summed E-state index contributed by atoms with van der Waals surface area (Å²) >= 11 is 0. The van der Waals surface area contributed by atoms with E-state index in [9.17, 15) is 4.57 Å². The molecule has 0 amide bonds. The van der Waals surface area contributed by atoms with Gasteiger partial charge in [0.2, 0.25) is 0 Å². The molecule has 0 aliphatic carbocycles. The predicted molar refractivity (Wildman–Crippen MR) is 36.4 cm³/mol. The van der Waals surface area contributed by atoms with Crippen molar-refractivity contribution in [2.75, 3.05) is 13.2 Å². The van der Waals surface area contributed by atoms with Crippen LogP contribution in [0.5, 0.6) is 0 Å². The van der Waals surface area contributed by atoms with Gasteiger partial charge < -0.3 is 14.7 Å². The topological polar surface area (TPSA) is 85.2 Å². The number of phosphoric ester groups is 1. The molecule has 70 valence electrons. The van der Waals surface area contributed by atoms with E-state index in [0.29, 0.717) is 0 Å². The molecule has 12 heavy (non-hydrogen) atoms. The molecule has 2 heterocycles. The van der Waals surface area contributed by atoms with Gasteiger partial charge in [0.05, 0.1) is 13.2 Å². The highest BCUT2D eigenvalue weighted by Gasteiger charge is 2.51. The van der Waals surface area contributed by atoms with Crippen molar-refractivity contribution in [3.05, 3.63) is 0 Å². The zero-order chi connectivity index (χ0) is 8.77. The number of phosphoric acid groups is 1. The first-order valence-corrected chi connectivity index (χ1v) is 5.04. The normalized spacial score (nSPS) is 52.7. The Hall–Kier alpha value is 0.0300. The highest BCUT2D eigenvalue weighted by atomic mass is 31.2. The highest BCUT2D eigenvalue weighted by molar-refractivity contribution is 7.47. The fraction of sp³-hybridized carbons (Fsp3) is 1.00. The third kappa shape index (κ3) is 1.31. The van der Waals surface area contributed by atoms with Crippen LogP contribution in [0.4, 0.5) is 0 Å². The van der Waals surface area contributed by atoms with Gasteiger partial charge >= 0.3 is 7.82 Å². The summed E-state index contributed by atoms with van der Waals surface area (Å²) in [6.45, 7) is -0.0367. The van der Waals surface area contributed by atoms with Crippen LogP contribution in [0.15, 0.2) is 0 Å². The minimum absolute atomic E-state index is 0.195. The van der Waals surface area contributed by atoms with Crippen LogP contribution in [0.2, 0.25) is 0 Å². The molecule has 6 nitrogen and oxygen atoms in total. The fourth-order valence-electron chi connectivity index (χ4n) is 1.38. The van der Waals surface area contributed by atoms with Crippen LogP contribution in [0.25, 0.3) is 0 Å². The molecule has 2 aliphatic rings. The van der Waals surface area contributed by atoms with Gasteiger partial charge in [-0.15, -0.1) is 0 Å². The molecule has 7 heteroatoms. The fourth-order valence-corrected chi connectivity index (χ4v) is 2.53. The standard InChI is InChI=1S/C5H9O6P/c6-1-3-5-4(2-9-3)10-12(7,8)11-5/h3-6H,1-2H2,(H,7,8)/t3-,4?,5+/m1/s1. The Balaban J connectivity index is 2.11. The minimum Gasteiger partial charge on any atom is -0.394 e. The zero-order valence-corrected chi connectivity index (χ0v) is 7.02. The summed E-state index contributed by atoms with van der Waals surface area (Å²) in [5.41, 5.74) is 0. The average molecular weight is 196 g/mol. The molecule has 0 saturated carbocycles. The van der Waals surface area contributed by atoms with E-state index >= 15 is 0 Å². The molecule has 2 aliphatic heterocycles. The lowest BCUT2D eigenvalue weighted by atomic mass is 10.2. The van der Waals surface area contributed by atoms with E-state index in [1.165, 1.54) is 0 Å². The van der Waals surface area contributed by atoms with E-state index in [4.69, 9.17) is 14.7 Å². The maximum Gasteiger partial charge on any atom is 0.473 e. The molecule has 4 atom stereocenters. The van der Waals surface area contributed by atoms with Gasteiger partial charge in [0, 0.05) is 0 Å². The molecule has 2 fully saturated rings. The van der Waals surface area contributed by atoms with Crippen LogP contribution in [0.3, 0.4) is 0 Å². The molecule has 0 aromatic carbocycles. The number of aliphatic hydroxyl groups is 1. The van der Waals surface area contributed by atoms with Crippen molar-refractivity contribution >= 4 is 7.82 Å². The summed E-state index contributed by atoms with van der Waals surface area (Å²) in [6, 6.07) is 0. The van der Waals surface area contributed by atoms with Crippen molar-refractivity contribution in [3.8, 4) is 0 Å². The minimum atomic E-state index is -3.86. The lowest BCUT2D eigenvalue weighted by Crippen LogP contribution is -2.29. The number of hydrogen-bond acceptors (Lipinski definition) is 5. The number of ether oxygens (including phenoxy) is 1. The monoisotopic (exact) mass is 196 g/mol. The SMILES string of the molecule is O=P1(O)OC2CO[C@H](CO)[C@@H]2O1. The van der Waals surface area contributed by atoms with E-state index in [2.05, 4.69) is 9.05 Å². The number of rotatable bonds is 1. The summed E-state index contributed by atoms with van der Waals surface area (Å²) in [6.07, 6.45) is -1.67. The molecule has 2 unspecified atom stereocenters. The summed E-state index contributed by atoms with van der Waals surface area (Å²) < 4.78 is 25.2. The van der Waals surface area contributed by atoms with Crippen LogP contribution in [-0.2, 0) is 18.3 Å². The van der Waals surface area contributed by atoms with Gasteiger partial charge in [-0.25, -0.2) is 4.57 Å². The zero-order valence-electron chi connectivity index (χ0n) is 6.12. The van der Waals surface area contributed by atoms with E-state index in [1.807, 2.05) is 0 Å². The first-order valence-electron chi connectivity index (χ1n) is 3.54. The number of fused-ring (bicyclic) bond motifs is 1. The Morgan fingerprint density at radius 2 is 2.25 bits per heavy atom. The van der Waals surface area contributed by atoms with Crippen LogP contribution < -0.4 is 0 Å². The molecular formula is C5H9O6P. The van der Waals surface area contributed by atoms with Crippen molar-refractivity contribution in [1.82, 2.24) is 0 Å². The van der Waals surface area contributed by atoms with Gasteiger partial charge in [-0.3, -0.25) is 9.05 Å². The summed E-state index contributed by atoms with van der Waals surface area (Å²) in [5, 5.41) is 8.75. The Bertz CT molecular complexity index is 230. The maximum absolute atomic E-state index is 10.9. The van der Waals surface area contributed by atoms with Crippen molar-refractivity contribution in [2.24, 2.45) is 0 Å². The smallest absolute Gasteiger partial charge is 0.394 e. The van der Waals surface area contributed by atoms with E-state index in [0.717, 1.165) is 0 Å². The summed E-state index contributed by atoms with van der Waals surface area (Å²) in [7, 11) is -3.86. The third-order valence-corrected chi connectivity index (χ3v) is 2.96. The summed E-state index contributed by atoms with van der Waals surface area (Å²) in [4.78, 5) is 8.89. The second-order valence-electron chi connectivity index (χ2n) is 2.74. The average Bonchev–Trinajstić information content (AvgIpc) is 2.42. The number of hydrogen-bond donors (Lipinski definition) is 2. The molecule has 0 radical (unpaired) electrons. The molecule has 0 aromatic rings. The van der Waals surface area contributed by atoms with E-state index < -0.39 is 26.1 Å². The van der Waals surface area contributed by atoms with Crippen molar-refractivity contribution in [1.29, 1.82) is 0 Å². The van der Waals surface area contributed by atoms with Crippen molar-refractivity contribution in [3.63, 3.8) is 0 Å². The predicted octanol–water partition coefficient (Wildman–Crippen LogP) is -0.738. The van der Waals surface area contributed by atoms with Crippen LogP contribution >= 0.6 is 7.82 Å². The van der Waals surface area contributed by atoms with Crippen molar-refractivity contribution in [2.45, 2.75) is 18.3 Å². The molecule has 0 bridgehead atoms. The molecule has 2 rings (SSSR count). The largest absolute Gasteiger partial charge is 0.473 e. The quantitative estimate of drug-likeness (QED) is 0.537. The molecule has 2 N–H and O–H groups in total. The third-order valence-electron chi connectivity index (χ3n) is 1.91. The van der Waals surface area contributed by atoms with Crippen LogP contribution in [0, 0.1) is 0 Å². The van der Waals surface area contributed by atoms with Crippen LogP contribution in [-0.4, -0.2) is 41.5 Å². The Kier molecular flexibility index (Phi) is 1.99. The molecule has 0 spiro atoms. The van der Waals surface area contributed by atoms with Gasteiger partial charge in [0.25, 0.3) is 0 Å².